The molecule has 1 aromatic rings. The molecule has 134 valence electrons. The summed E-state index contributed by atoms with van der Waals surface area (Å²) in [6.07, 6.45) is 2.19. The smallest absolute Gasteiger partial charge is 0.338 e. The average Bonchev–Trinajstić information content (AvgIpc) is 2.51. The summed E-state index contributed by atoms with van der Waals surface area (Å²) in [5.41, 5.74) is 0.772. The van der Waals surface area contributed by atoms with Gasteiger partial charge in [-0.15, -0.1) is 0 Å². The molecule has 1 aliphatic rings. The molecule has 0 spiro atoms. The minimum absolute atomic E-state index is 0.0844. The molecule has 0 aromatic heterocycles. The van der Waals surface area contributed by atoms with Crippen molar-refractivity contribution in [3.05, 3.63) is 29.8 Å². The fourth-order valence-corrected chi connectivity index (χ4v) is 2.74. The van der Waals surface area contributed by atoms with Crippen LogP contribution in [-0.4, -0.2) is 30.4 Å². The van der Waals surface area contributed by atoms with E-state index in [1.807, 2.05) is 27.7 Å². The second-order valence-corrected chi connectivity index (χ2v) is 7.75. The molecule has 5 nitrogen and oxygen atoms in total. The van der Waals surface area contributed by atoms with Crippen LogP contribution in [0, 0.1) is 17.3 Å². The first-order chi connectivity index (χ1) is 11.7. The average molecular weight is 343 g/mol. The quantitative estimate of drug-likeness (QED) is 0.463. The van der Waals surface area contributed by atoms with Crippen LogP contribution in [0.25, 0.3) is 0 Å². The van der Waals surface area contributed by atoms with Crippen LogP contribution in [0.3, 0.4) is 0 Å². The third-order valence-corrected chi connectivity index (χ3v) is 4.02. The zero-order valence-electron chi connectivity index (χ0n) is 15.2. The molecule has 2 rings (SSSR count). The third-order valence-electron chi connectivity index (χ3n) is 4.02. The summed E-state index contributed by atoms with van der Waals surface area (Å²) in [5.74, 6) is -1.02. The largest absolute Gasteiger partial charge is 0.462 e. The van der Waals surface area contributed by atoms with Crippen molar-refractivity contribution in [2.45, 2.75) is 40.5 Å². The highest BCUT2D eigenvalue weighted by Gasteiger charge is 2.38. The topological polar surface area (TPSA) is 72.8 Å². The standard InChI is InChI=1S/C20H25NO4/c1-13(2)12-25-19(24)14-5-7-15(8-6-14)21-11-16-17(22)9-20(3,4)10-18(16)23/h5-8,11,13,16H,9-10,12H2,1-4H3. The zero-order valence-corrected chi connectivity index (χ0v) is 15.2. The van der Waals surface area contributed by atoms with E-state index in [0.29, 0.717) is 30.7 Å². The summed E-state index contributed by atoms with van der Waals surface area (Å²) >= 11 is 0. The van der Waals surface area contributed by atoms with Crippen LogP contribution < -0.4 is 0 Å². The summed E-state index contributed by atoms with van der Waals surface area (Å²) in [4.78, 5) is 40.4. The van der Waals surface area contributed by atoms with Crippen LogP contribution in [-0.2, 0) is 14.3 Å². The Morgan fingerprint density at radius 1 is 1.20 bits per heavy atom. The zero-order chi connectivity index (χ0) is 18.6. The van der Waals surface area contributed by atoms with Crippen LogP contribution in [0.5, 0.6) is 0 Å². The highest BCUT2D eigenvalue weighted by atomic mass is 16.5. The molecule has 25 heavy (non-hydrogen) atoms. The Labute approximate surface area is 148 Å². The Balaban J connectivity index is 2.01. The number of rotatable bonds is 5. The number of ketones is 2. The van der Waals surface area contributed by atoms with Gasteiger partial charge in [-0.25, -0.2) is 4.79 Å². The van der Waals surface area contributed by atoms with Gasteiger partial charge >= 0.3 is 5.97 Å². The van der Waals surface area contributed by atoms with Crippen LogP contribution in [0.15, 0.2) is 29.3 Å². The van der Waals surface area contributed by atoms with Crippen molar-refractivity contribution in [2.75, 3.05) is 6.61 Å². The Kier molecular flexibility index (Phi) is 5.88. The highest BCUT2D eigenvalue weighted by Crippen LogP contribution is 2.33. The minimum atomic E-state index is -0.760. The van der Waals surface area contributed by atoms with Gasteiger partial charge in [0, 0.05) is 19.1 Å². The summed E-state index contributed by atoms with van der Waals surface area (Å²) in [6, 6.07) is 6.60. The van der Waals surface area contributed by atoms with E-state index in [1.54, 1.807) is 24.3 Å². The first kappa shape index (κ1) is 19.0. The van der Waals surface area contributed by atoms with E-state index in [4.69, 9.17) is 4.74 Å². The molecule has 1 aliphatic carbocycles. The molecule has 0 unspecified atom stereocenters. The summed E-state index contributed by atoms with van der Waals surface area (Å²) in [7, 11) is 0. The van der Waals surface area contributed by atoms with Crippen molar-refractivity contribution in [1.82, 2.24) is 0 Å². The number of Topliss-reactive ketones (excluding diaryl/α,β-unsaturated/α-hetero) is 2. The Morgan fingerprint density at radius 2 is 1.76 bits per heavy atom. The van der Waals surface area contributed by atoms with Gasteiger partial charge in [0.2, 0.25) is 0 Å². The summed E-state index contributed by atoms with van der Waals surface area (Å²) in [5, 5.41) is 0. The number of carbonyl (C=O) groups excluding carboxylic acids is 3. The Hall–Kier alpha value is -2.30. The Bertz CT molecular complexity index is 666. The van der Waals surface area contributed by atoms with Crippen LogP contribution >= 0.6 is 0 Å². The molecule has 0 saturated heterocycles. The second kappa shape index (κ2) is 7.72. The maximum absolute atomic E-state index is 12.1. The van der Waals surface area contributed by atoms with E-state index in [1.165, 1.54) is 6.21 Å². The van der Waals surface area contributed by atoms with Gasteiger partial charge in [0.1, 0.15) is 17.5 Å². The van der Waals surface area contributed by atoms with Gasteiger partial charge in [-0.1, -0.05) is 27.7 Å². The van der Waals surface area contributed by atoms with E-state index < -0.39 is 5.92 Å². The number of aliphatic imine (C=N–C) groups is 1. The summed E-state index contributed by atoms with van der Waals surface area (Å²) in [6.45, 7) is 8.17. The van der Waals surface area contributed by atoms with Crippen molar-refractivity contribution in [3.63, 3.8) is 0 Å². The van der Waals surface area contributed by atoms with Crippen molar-refractivity contribution in [3.8, 4) is 0 Å². The molecule has 0 bridgehead atoms. The van der Waals surface area contributed by atoms with Gasteiger partial charge in [0.05, 0.1) is 17.9 Å². The lowest BCUT2D eigenvalue weighted by molar-refractivity contribution is -0.136. The van der Waals surface area contributed by atoms with Gasteiger partial charge in [-0.2, -0.15) is 0 Å². The fourth-order valence-electron chi connectivity index (χ4n) is 2.74. The molecule has 1 fully saturated rings. The van der Waals surface area contributed by atoms with Crippen LogP contribution in [0.2, 0.25) is 0 Å². The van der Waals surface area contributed by atoms with E-state index in [2.05, 4.69) is 4.99 Å². The van der Waals surface area contributed by atoms with Gasteiger partial charge in [0.15, 0.2) is 0 Å². The first-order valence-electron chi connectivity index (χ1n) is 8.55. The number of hydrogen-bond acceptors (Lipinski definition) is 5. The van der Waals surface area contributed by atoms with Crippen molar-refractivity contribution >= 4 is 29.4 Å². The molecule has 0 N–H and O–H groups in total. The van der Waals surface area contributed by atoms with E-state index in [9.17, 15) is 14.4 Å². The van der Waals surface area contributed by atoms with Crippen LogP contribution in [0.1, 0.15) is 50.9 Å². The lowest BCUT2D eigenvalue weighted by Crippen LogP contribution is -2.38. The second-order valence-electron chi connectivity index (χ2n) is 7.75. The van der Waals surface area contributed by atoms with Crippen molar-refractivity contribution < 1.29 is 19.1 Å². The number of benzene rings is 1. The minimum Gasteiger partial charge on any atom is -0.462 e. The third kappa shape index (κ3) is 5.34. The number of carbonyl (C=O) groups is 3. The maximum Gasteiger partial charge on any atom is 0.338 e. The summed E-state index contributed by atoms with van der Waals surface area (Å²) < 4.78 is 5.17. The fraction of sp³-hybridized carbons (Fsp3) is 0.500. The Morgan fingerprint density at radius 3 is 2.28 bits per heavy atom. The lowest BCUT2D eigenvalue weighted by atomic mass is 9.72. The predicted octanol–water partition coefficient (Wildman–Crippen LogP) is 3.78. The van der Waals surface area contributed by atoms with Crippen LogP contribution in [0.4, 0.5) is 5.69 Å². The molecule has 0 heterocycles. The molecular weight excluding hydrogens is 318 g/mol. The van der Waals surface area contributed by atoms with Crippen molar-refractivity contribution in [1.29, 1.82) is 0 Å². The van der Waals surface area contributed by atoms with Gasteiger partial charge < -0.3 is 4.74 Å². The monoisotopic (exact) mass is 343 g/mol. The predicted molar refractivity (Wildman–Crippen MR) is 96.2 cm³/mol. The first-order valence-corrected chi connectivity index (χ1v) is 8.55. The maximum atomic E-state index is 12.1. The molecule has 1 saturated carbocycles. The normalized spacial score (nSPS) is 18.1. The SMILES string of the molecule is CC(C)COC(=O)c1ccc(N=CC2C(=O)CC(C)(C)CC2=O)cc1. The molecule has 1 aromatic carbocycles. The molecule has 5 heteroatoms. The van der Waals surface area contributed by atoms with Gasteiger partial charge in [-0.3, -0.25) is 14.6 Å². The van der Waals surface area contributed by atoms with Gasteiger partial charge in [-0.05, 0) is 35.6 Å². The number of hydrogen-bond donors (Lipinski definition) is 0. The highest BCUT2D eigenvalue weighted by molar-refractivity contribution is 6.16. The van der Waals surface area contributed by atoms with E-state index in [0.717, 1.165) is 0 Å². The van der Waals surface area contributed by atoms with E-state index in [-0.39, 0.29) is 28.9 Å². The number of ether oxygens (including phenoxy) is 1. The molecule has 0 radical (unpaired) electrons. The van der Waals surface area contributed by atoms with Crippen molar-refractivity contribution in [2.24, 2.45) is 22.2 Å². The van der Waals surface area contributed by atoms with E-state index >= 15 is 0 Å². The number of nitrogens with zero attached hydrogens (tertiary/aromatic N) is 1. The molecule has 0 amide bonds. The molecule has 0 aliphatic heterocycles. The van der Waals surface area contributed by atoms with Gasteiger partial charge in [0.25, 0.3) is 0 Å². The molecular formula is C20H25NO4. The lowest BCUT2D eigenvalue weighted by Gasteiger charge is -2.30. The molecule has 0 atom stereocenters. The number of esters is 1.